The van der Waals surface area contributed by atoms with E-state index >= 15 is 0 Å². The molecule has 0 aromatic heterocycles. The second-order valence-corrected chi connectivity index (χ2v) is 6.55. The van der Waals surface area contributed by atoms with Crippen molar-refractivity contribution in [3.05, 3.63) is 35.4 Å². The van der Waals surface area contributed by atoms with Crippen LogP contribution in [0.15, 0.2) is 24.3 Å². The molecule has 0 radical (unpaired) electrons. The Labute approximate surface area is 132 Å². The first-order valence-electron chi connectivity index (χ1n) is 8.02. The van der Waals surface area contributed by atoms with E-state index in [0.717, 1.165) is 31.4 Å². The summed E-state index contributed by atoms with van der Waals surface area (Å²) in [7, 11) is 0. The third kappa shape index (κ3) is 3.68. The molecule has 3 unspecified atom stereocenters. The van der Waals surface area contributed by atoms with Gasteiger partial charge in [0.1, 0.15) is 0 Å². The number of aliphatic hydroxyl groups excluding tert-OH is 1. The molecule has 1 aromatic rings. The van der Waals surface area contributed by atoms with Gasteiger partial charge in [-0.1, -0.05) is 12.1 Å². The third-order valence-electron chi connectivity index (χ3n) is 4.78. The van der Waals surface area contributed by atoms with Crippen LogP contribution < -0.4 is 5.32 Å². The summed E-state index contributed by atoms with van der Waals surface area (Å²) in [5.74, 6) is -0.507. The fourth-order valence-corrected chi connectivity index (χ4v) is 3.32. The van der Waals surface area contributed by atoms with Crippen molar-refractivity contribution in [2.24, 2.45) is 11.8 Å². The first-order valence-corrected chi connectivity index (χ1v) is 8.02. The van der Waals surface area contributed by atoms with Gasteiger partial charge in [-0.25, -0.2) is 0 Å². The molecule has 0 heterocycles. The fourth-order valence-electron chi connectivity index (χ4n) is 3.32. The molecule has 1 amide bonds. The number of hydrogen-bond acceptors (Lipinski definition) is 2. The minimum absolute atomic E-state index is 0.181. The van der Waals surface area contributed by atoms with Gasteiger partial charge in [-0.2, -0.15) is 13.2 Å². The Bertz CT molecular complexity index is 583. The summed E-state index contributed by atoms with van der Waals surface area (Å²) in [5.41, 5.74) is -0.209. The standard InChI is InChI=1S/C17H20F3NO2/c18-17(19,20)12-4-1-3-11(9-12)15(10-7-8-10)21-16(23)13-5-2-6-14(13)22/h1,3-4,9-10,13-15,22H,2,5-8H2,(H,21,23). The van der Waals surface area contributed by atoms with Crippen molar-refractivity contribution < 1.29 is 23.1 Å². The van der Waals surface area contributed by atoms with Gasteiger partial charge < -0.3 is 10.4 Å². The molecule has 2 aliphatic carbocycles. The number of rotatable bonds is 4. The molecule has 2 saturated carbocycles. The van der Waals surface area contributed by atoms with E-state index in [2.05, 4.69) is 5.32 Å². The van der Waals surface area contributed by atoms with Crippen molar-refractivity contribution in [1.29, 1.82) is 0 Å². The van der Waals surface area contributed by atoms with E-state index in [9.17, 15) is 23.1 Å². The largest absolute Gasteiger partial charge is 0.416 e. The zero-order chi connectivity index (χ0) is 16.6. The number of benzene rings is 1. The molecule has 126 valence electrons. The molecule has 3 nitrogen and oxygen atoms in total. The van der Waals surface area contributed by atoms with Gasteiger partial charge in [0.2, 0.25) is 5.91 Å². The molecular weight excluding hydrogens is 307 g/mol. The Morgan fingerprint density at radius 2 is 1.96 bits per heavy atom. The van der Waals surface area contributed by atoms with Gasteiger partial charge in [0.05, 0.1) is 23.6 Å². The third-order valence-corrected chi connectivity index (χ3v) is 4.78. The van der Waals surface area contributed by atoms with E-state index in [4.69, 9.17) is 0 Å². The highest BCUT2D eigenvalue weighted by atomic mass is 19.4. The van der Waals surface area contributed by atoms with Crippen LogP contribution in [0.25, 0.3) is 0 Å². The Morgan fingerprint density at radius 1 is 1.22 bits per heavy atom. The maximum absolute atomic E-state index is 12.9. The average Bonchev–Trinajstić information content (AvgIpc) is 3.25. The topological polar surface area (TPSA) is 49.3 Å². The van der Waals surface area contributed by atoms with Crippen molar-refractivity contribution in [1.82, 2.24) is 5.32 Å². The quantitative estimate of drug-likeness (QED) is 0.890. The van der Waals surface area contributed by atoms with Crippen molar-refractivity contribution in [2.45, 2.75) is 50.4 Å². The van der Waals surface area contributed by atoms with Gasteiger partial charge in [0.25, 0.3) is 0 Å². The number of hydrogen-bond donors (Lipinski definition) is 2. The van der Waals surface area contributed by atoms with E-state index in [1.165, 1.54) is 6.07 Å². The fraction of sp³-hybridized carbons (Fsp3) is 0.588. The number of nitrogens with one attached hydrogen (secondary N) is 1. The second-order valence-electron chi connectivity index (χ2n) is 6.55. The van der Waals surface area contributed by atoms with Gasteiger partial charge in [0.15, 0.2) is 0 Å². The first-order chi connectivity index (χ1) is 10.9. The molecule has 23 heavy (non-hydrogen) atoms. The van der Waals surface area contributed by atoms with Gasteiger partial charge in [-0.15, -0.1) is 0 Å². The van der Waals surface area contributed by atoms with Crippen LogP contribution in [0, 0.1) is 11.8 Å². The second kappa shape index (κ2) is 6.15. The lowest BCUT2D eigenvalue weighted by Crippen LogP contribution is -2.38. The maximum atomic E-state index is 12.9. The van der Waals surface area contributed by atoms with Crippen LogP contribution in [-0.4, -0.2) is 17.1 Å². The molecule has 0 saturated heterocycles. The molecule has 6 heteroatoms. The van der Waals surface area contributed by atoms with Crippen LogP contribution in [0.3, 0.4) is 0 Å². The monoisotopic (exact) mass is 327 g/mol. The molecule has 2 aliphatic rings. The highest BCUT2D eigenvalue weighted by molar-refractivity contribution is 5.80. The molecule has 0 aliphatic heterocycles. The van der Waals surface area contributed by atoms with Crippen LogP contribution in [0.2, 0.25) is 0 Å². The predicted octanol–water partition coefficient (Wildman–Crippen LogP) is 3.43. The number of carbonyl (C=O) groups is 1. The van der Waals surface area contributed by atoms with Gasteiger partial charge in [0, 0.05) is 0 Å². The van der Waals surface area contributed by atoms with Crippen molar-refractivity contribution >= 4 is 5.91 Å². The Morgan fingerprint density at radius 3 is 2.52 bits per heavy atom. The van der Waals surface area contributed by atoms with E-state index in [-0.39, 0.29) is 11.8 Å². The average molecular weight is 327 g/mol. The minimum atomic E-state index is -4.39. The predicted molar refractivity (Wildman–Crippen MR) is 78.4 cm³/mol. The maximum Gasteiger partial charge on any atom is 0.416 e. The lowest BCUT2D eigenvalue weighted by atomic mass is 9.98. The van der Waals surface area contributed by atoms with Crippen LogP contribution in [-0.2, 0) is 11.0 Å². The summed E-state index contributed by atoms with van der Waals surface area (Å²) in [6, 6.07) is 4.76. The number of amides is 1. The number of alkyl halides is 3. The zero-order valence-electron chi connectivity index (χ0n) is 12.6. The Kier molecular flexibility index (Phi) is 4.36. The molecular formula is C17H20F3NO2. The van der Waals surface area contributed by atoms with Crippen LogP contribution in [0.4, 0.5) is 13.2 Å². The van der Waals surface area contributed by atoms with E-state index in [1.54, 1.807) is 6.07 Å². The van der Waals surface area contributed by atoms with Gasteiger partial charge in [-0.05, 0) is 55.7 Å². The zero-order valence-corrected chi connectivity index (χ0v) is 12.6. The van der Waals surface area contributed by atoms with Crippen LogP contribution >= 0.6 is 0 Å². The Hall–Kier alpha value is -1.56. The van der Waals surface area contributed by atoms with Crippen molar-refractivity contribution in [3.63, 3.8) is 0 Å². The number of carbonyl (C=O) groups excluding carboxylic acids is 1. The molecule has 0 bridgehead atoms. The molecule has 2 fully saturated rings. The van der Waals surface area contributed by atoms with Gasteiger partial charge >= 0.3 is 6.18 Å². The van der Waals surface area contributed by atoms with Crippen LogP contribution in [0.5, 0.6) is 0 Å². The number of halogens is 3. The molecule has 3 atom stereocenters. The summed E-state index contributed by atoms with van der Waals surface area (Å²) in [4.78, 5) is 12.4. The highest BCUT2D eigenvalue weighted by Gasteiger charge is 2.38. The van der Waals surface area contributed by atoms with Crippen molar-refractivity contribution in [2.75, 3.05) is 0 Å². The summed E-state index contributed by atoms with van der Waals surface area (Å²) >= 11 is 0. The normalized spacial score (nSPS) is 26.1. The molecule has 2 N–H and O–H groups in total. The summed E-state index contributed by atoms with van der Waals surface area (Å²) < 4.78 is 38.7. The van der Waals surface area contributed by atoms with E-state index in [0.29, 0.717) is 18.4 Å². The van der Waals surface area contributed by atoms with Crippen LogP contribution in [0.1, 0.15) is 49.3 Å². The number of aliphatic hydroxyl groups is 1. The van der Waals surface area contributed by atoms with E-state index in [1.807, 2.05) is 0 Å². The summed E-state index contributed by atoms with van der Waals surface area (Å²) in [6.45, 7) is 0. The highest BCUT2D eigenvalue weighted by Crippen LogP contribution is 2.42. The Balaban J connectivity index is 1.78. The van der Waals surface area contributed by atoms with Gasteiger partial charge in [-0.3, -0.25) is 4.79 Å². The lowest BCUT2D eigenvalue weighted by molar-refractivity contribution is -0.137. The molecule has 1 aromatic carbocycles. The lowest BCUT2D eigenvalue weighted by Gasteiger charge is -2.23. The smallest absolute Gasteiger partial charge is 0.392 e. The minimum Gasteiger partial charge on any atom is -0.392 e. The summed E-state index contributed by atoms with van der Waals surface area (Å²) in [6.07, 6.45) is -1.20. The SMILES string of the molecule is O=C(NC(c1cccc(C(F)(F)F)c1)C1CC1)C1CCCC1O. The summed E-state index contributed by atoms with van der Waals surface area (Å²) in [5, 5.41) is 12.7. The first kappa shape index (κ1) is 16.3. The van der Waals surface area contributed by atoms with E-state index < -0.39 is 29.8 Å². The molecule has 0 spiro atoms. The molecule has 3 rings (SSSR count). The van der Waals surface area contributed by atoms with Crippen molar-refractivity contribution in [3.8, 4) is 0 Å².